The number of nitrogens with zero attached hydrogens (tertiary/aromatic N) is 1. The Hall–Kier alpha value is -1.04. The van der Waals surface area contributed by atoms with Crippen molar-refractivity contribution in [3.63, 3.8) is 0 Å². The third-order valence-electron chi connectivity index (χ3n) is 1.82. The quantitative estimate of drug-likeness (QED) is 0.648. The standard InChI is InChI=1S/C9H10Cl2N2O3/c1-5(14)4-12-8-2-6(10)7(11)3-9(8)13(15)16/h2-3,5,12,14H,4H2,1H3. The minimum atomic E-state index is -0.617. The lowest BCUT2D eigenvalue weighted by Crippen LogP contribution is -2.16. The molecule has 1 rings (SSSR count). The second kappa shape index (κ2) is 5.34. The van der Waals surface area contributed by atoms with Crippen LogP contribution in [0.3, 0.4) is 0 Å². The molecule has 88 valence electrons. The van der Waals surface area contributed by atoms with Crippen molar-refractivity contribution in [1.82, 2.24) is 0 Å². The lowest BCUT2D eigenvalue weighted by Gasteiger charge is -2.09. The van der Waals surface area contributed by atoms with Crippen LogP contribution in [0.4, 0.5) is 11.4 Å². The molecule has 0 saturated carbocycles. The molecule has 5 nitrogen and oxygen atoms in total. The number of nitro groups is 1. The normalized spacial score (nSPS) is 12.2. The maximum Gasteiger partial charge on any atom is 0.293 e. The number of anilines is 1. The fourth-order valence-electron chi connectivity index (χ4n) is 1.09. The first-order valence-corrected chi connectivity index (χ1v) is 5.22. The lowest BCUT2D eigenvalue weighted by molar-refractivity contribution is -0.383. The summed E-state index contributed by atoms with van der Waals surface area (Å²) in [5, 5.41) is 22.9. The highest BCUT2D eigenvalue weighted by Gasteiger charge is 2.16. The molecule has 0 bridgehead atoms. The molecular formula is C9H10Cl2N2O3. The maximum atomic E-state index is 10.7. The van der Waals surface area contributed by atoms with Gasteiger partial charge in [0.1, 0.15) is 5.69 Å². The van der Waals surface area contributed by atoms with E-state index in [1.807, 2.05) is 0 Å². The van der Waals surface area contributed by atoms with Gasteiger partial charge in [-0.15, -0.1) is 0 Å². The van der Waals surface area contributed by atoms with E-state index in [1.165, 1.54) is 12.1 Å². The van der Waals surface area contributed by atoms with Gasteiger partial charge in [-0.05, 0) is 13.0 Å². The van der Waals surface area contributed by atoms with Gasteiger partial charge in [-0.2, -0.15) is 0 Å². The highest BCUT2D eigenvalue weighted by atomic mass is 35.5. The molecule has 0 aliphatic heterocycles. The monoisotopic (exact) mass is 264 g/mol. The van der Waals surface area contributed by atoms with E-state index < -0.39 is 11.0 Å². The lowest BCUT2D eigenvalue weighted by atomic mass is 10.2. The summed E-state index contributed by atoms with van der Waals surface area (Å²) >= 11 is 11.4. The molecule has 1 unspecified atom stereocenters. The van der Waals surface area contributed by atoms with Crippen LogP contribution in [0.1, 0.15) is 6.92 Å². The first-order chi connectivity index (χ1) is 7.41. The molecule has 1 aromatic carbocycles. The van der Waals surface area contributed by atoms with Crippen LogP contribution in [-0.4, -0.2) is 22.7 Å². The Morgan fingerprint density at radius 2 is 2.06 bits per heavy atom. The summed E-state index contributed by atoms with van der Waals surface area (Å²) < 4.78 is 0. The predicted molar refractivity (Wildman–Crippen MR) is 63.3 cm³/mol. The van der Waals surface area contributed by atoms with Gasteiger partial charge in [0.2, 0.25) is 0 Å². The highest BCUT2D eigenvalue weighted by molar-refractivity contribution is 6.42. The van der Waals surface area contributed by atoms with Crippen molar-refractivity contribution in [2.24, 2.45) is 0 Å². The van der Waals surface area contributed by atoms with Gasteiger partial charge < -0.3 is 10.4 Å². The number of aliphatic hydroxyl groups is 1. The van der Waals surface area contributed by atoms with Gasteiger partial charge in [0.25, 0.3) is 5.69 Å². The number of halogens is 2. The van der Waals surface area contributed by atoms with Crippen LogP contribution in [0, 0.1) is 10.1 Å². The van der Waals surface area contributed by atoms with Gasteiger partial charge in [-0.1, -0.05) is 23.2 Å². The molecule has 2 N–H and O–H groups in total. The summed E-state index contributed by atoms with van der Waals surface area (Å²) in [6, 6.07) is 2.54. The van der Waals surface area contributed by atoms with Crippen LogP contribution in [-0.2, 0) is 0 Å². The minimum absolute atomic E-state index is 0.121. The number of hydrogen-bond acceptors (Lipinski definition) is 4. The largest absolute Gasteiger partial charge is 0.392 e. The first-order valence-electron chi connectivity index (χ1n) is 4.47. The first kappa shape index (κ1) is 13.0. The molecule has 0 saturated heterocycles. The smallest absolute Gasteiger partial charge is 0.293 e. The van der Waals surface area contributed by atoms with Crippen molar-refractivity contribution in [2.45, 2.75) is 13.0 Å². The van der Waals surface area contributed by atoms with E-state index in [9.17, 15) is 10.1 Å². The third kappa shape index (κ3) is 3.23. The van der Waals surface area contributed by atoms with E-state index >= 15 is 0 Å². The molecule has 0 radical (unpaired) electrons. The number of nitrogens with one attached hydrogen (secondary N) is 1. The summed E-state index contributed by atoms with van der Waals surface area (Å²) in [4.78, 5) is 10.2. The highest BCUT2D eigenvalue weighted by Crippen LogP contribution is 2.33. The van der Waals surface area contributed by atoms with Crippen molar-refractivity contribution in [1.29, 1.82) is 0 Å². The van der Waals surface area contributed by atoms with Crippen molar-refractivity contribution >= 4 is 34.6 Å². The number of benzene rings is 1. The Morgan fingerprint density at radius 3 is 2.56 bits per heavy atom. The van der Waals surface area contributed by atoms with Crippen LogP contribution >= 0.6 is 23.2 Å². The zero-order valence-electron chi connectivity index (χ0n) is 8.41. The Labute approximate surface area is 102 Å². The van der Waals surface area contributed by atoms with Crippen LogP contribution in [0.25, 0.3) is 0 Å². The van der Waals surface area contributed by atoms with E-state index in [-0.39, 0.29) is 28.0 Å². The molecule has 0 fully saturated rings. The summed E-state index contributed by atoms with van der Waals surface area (Å²) in [5.74, 6) is 0. The molecule has 16 heavy (non-hydrogen) atoms. The molecule has 7 heteroatoms. The van der Waals surface area contributed by atoms with Gasteiger partial charge in [0.15, 0.2) is 0 Å². The maximum absolute atomic E-state index is 10.7. The summed E-state index contributed by atoms with van der Waals surface area (Å²) in [6.07, 6.45) is -0.617. The van der Waals surface area contributed by atoms with Crippen LogP contribution < -0.4 is 5.32 Å². The molecule has 0 aliphatic rings. The van der Waals surface area contributed by atoms with E-state index in [1.54, 1.807) is 6.92 Å². The van der Waals surface area contributed by atoms with Crippen molar-refractivity contribution < 1.29 is 10.0 Å². The van der Waals surface area contributed by atoms with E-state index in [0.717, 1.165) is 0 Å². The zero-order chi connectivity index (χ0) is 12.3. The fraction of sp³-hybridized carbons (Fsp3) is 0.333. The number of hydrogen-bond donors (Lipinski definition) is 2. The Kier molecular flexibility index (Phi) is 4.35. The molecule has 0 aromatic heterocycles. The van der Waals surface area contributed by atoms with Crippen LogP contribution in [0.15, 0.2) is 12.1 Å². The second-order valence-electron chi connectivity index (χ2n) is 3.27. The summed E-state index contributed by atoms with van der Waals surface area (Å²) in [5.41, 5.74) is 0.0651. The molecule has 1 aromatic rings. The van der Waals surface area contributed by atoms with E-state index in [4.69, 9.17) is 28.3 Å². The molecule has 0 spiro atoms. The SMILES string of the molecule is CC(O)CNc1cc(Cl)c(Cl)cc1[N+](=O)[O-]. The third-order valence-corrected chi connectivity index (χ3v) is 2.55. The topological polar surface area (TPSA) is 75.4 Å². The van der Waals surface area contributed by atoms with Crippen molar-refractivity contribution in [2.75, 3.05) is 11.9 Å². The molecule has 0 aliphatic carbocycles. The number of rotatable bonds is 4. The molecule has 0 heterocycles. The minimum Gasteiger partial charge on any atom is -0.392 e. The Bertz CT molecular complexity index is 410. The van der Waals surface area contributed by atoms with Gasteiger partial charge in [-0.25, -0.2) is 0 Å². The van der Waals surface area contributed by atoms with E-state index in [0.29, 0.717) is 0 Å². The average molecular weight is 265 g/mol. The molecule has 1 atom stereocenters. The van der Waals surface area contributed by atoms with Crippen molar-refractivity contribution in [3.05, 3.63) is 32.3 Å². The molecule has 0 amide bonds. The summed E-state index contributed by atoms with van der Waals surface area (Å²) in [7, 11) is 0. The Balaban J connectivity index is 3.05. The average Bonchev–Trinajstić information content (AvgIpc) is 2.18. The van der Waals surface area contributed by atoms with Gasteiger partial charge >= 0.3 is 0 Å². The van der Waals surface area contributed by atoms with Gasteiger partial charge in [0, 0.05) is 12.6 Å². The van der Waals surface area contributed by atoms with Gasteiger partial charge in [0.05, 0.1) is 21.1 Å². The van der Waals surface area contributed by atoms with E-state index in [2.05, 4.69) is 5.32 Å². The van der Waals surface area contributed by atoms with Crippen LogP contribution in [0.2, 0.25) is 10.0 Å². The number of aliphatic hydroxyl groups excluding tert-OH is 1. The van der Waals surface area contributed by atoms with Crippen LogP contribution in [0.5, 0.6) is 0 Å². The summed E-state index contributed by atoms with van der Waals surface area (Å²) in [6.45, 7) is 1.76. The predicted octanol–water partition coefficient (Wildman–Crippen LogP) is 2.69. The Morgan fingerprint density at radius 1 is 1.50 bits per heavy atom. The van der Waals surface area contributed by atoms with Crippen molar-refractivity contribution in [3.8, 4) is 0 Å². The van der Waals surface area contributed by atoms with Gasteiger partial charge in [-0.3, -0.25) is 10.1 Å². The molecular weight excluding hydrogens is 255 g/mol. The number of nitro benzene ring substituents is 1. The second-order valence-corrected chi connectivity index (χ2v) is 4.08. The fourth-order valence-corrected chi connectivity index (χ4v) is 1.41. The zero-order valence-corrected chi connectivity index (χ0v) is 9.92.